The molecule has 0 radical (unpaired) electrons. The first kappa shape index (κ1) is 12.9. The lowest BCUT2D eigenvalue weighted by Crippen LogP contribution is -2.46. The number of carboxylic acids is 1. The van der Waals surface area contributed by atoms with Gasteiger partial charge in [0.05, 0.1) is 17.9 Å². The smallest absolute Gasteiger partial charge is 0.341 e. The fourth-order valence-electron chi connectivity index (χ4n) is 2.61. The quantitative estimate of drug-likeness (QED) is 0.853. The Morgan fingerprint density at radius 2 is 1.94 bits per heavy atom. The number of carboxylic acid groups (broad SMARTS) is 1. The van der Waals surface area contributed by atoms with Crippen LogP contribution in [0.15, 0.2) is 0 Å². The summed E-state index contributed by atoms with van der Waals surface area (Å²) >= 11 is 0. The van der Waals surface area contributed by atoms with Crippen molar-refractivity contribution >= 4 is 11.8 Å². The van der Waals surface area contributed by atoms with Crippen molar-refractivity contribution < 1.29 is 14.6 Å². The highest BCUT2D eigenvalue weighted by Gasteiger charge is 2.29. The summed E-state index contributed by atoms with van der Waals surface area (Å²) in [7, 11) is 1.78. The van der Waals surface area contributed by atoms with E-state index in [9.17, 15) is 9.90 Å². The van der Waals surface area contributed by atoms with Crippen LogP contribution in [-0.2, 0) is 11.8 Å². The van der Waals surface area contributed by atoms with Crippen LogP contribution in [-0.4, -0.2) is 46.2 Å². The van der Waals surface area contributed by atoms with Crippen LogP contribution < -0.4 is 4.90 Å². The van der Waals surface area contributed by atoms with Gasteiger partial charge in [-0.3, -0.25) is 4.68 Å². The summed E-state index contributed by atoms with van der Waals surface area (Å²) in [6.45, 7) is 7.08. The molecule has 1 aromatic rings. The second-order valence-electron chi connectivity index (χ2n) is 4.88. The van der Waals surface area contributed by atoms with E-state index in [1.165, 1.54) is 0 Å². The Bertz CT molecular complexity index is 459. The minimum Gasteiger partial charge on any atom is -0.477 e. The lowest BCUT2D eigenvalue weighted by atomic mass is 10.2. The molecule has 0 unspecified atom stereocenters. The third-order valence-electron chi connectivity index (χ3n) is 3.12. The molecule has 1 saturated heterocycles. The van der Waals surface area contributed by atoms with Crippen molar-refractivity contribution in [2.75, 3.05) is 18.0 Å². The predicted molar refractivity (Wildman–Crippen MR) is 67.1 cm³/mol. The molecule has 0 amide bonds. The first-order valence-corrected chi connectivity index (χ1v) is 6.07. The number of hydrogen-bond acceptors (Lipinski definition) is 4. The largest absolute Gasteiger partial charge is 0.477 e. The van der Waals surface area contributed by atoms with Gasteiger partial charge in [0.2, 0.25) is 0 Å². The van der Waals surface area contributed by atoms with Crippen LogP contribution in [0.5, 0.6) is 0 Å². The first-order chi connectivity index (χ1) is 8.40. The Hall–Kier alpha value is -1.56. The van der Waals surface area contributed by atoms with Crippen LogP contribution in [0, 0.1) is 6.92 Å². The van der Waals surface area contributed by atoms with Crippen molar-refractivity contribution in [3.05, 3.63) is 11.3 Å². The Morgan fingerprint density at radius 3 is 2.44 bits per heavy atom. The van der Waals surface area contributed by atoms with E-state index in [0.29, 0.717) is 30.2 Å². The van der Waals surface area contributed by atoms with Crippen molar-refractivity contribution in [3.63, 3.8) is 0 Å². The fourth-order valence-corrected chi connectivity index (χ4v) is 2.61. The highest BCUT2D eigenvalue weighted by molar-refractivity contribution is 5.94. The number of anilines is 1. The fraction of sp³-hybridized carbons (Fsp3) is 0.667. The summed E-state index contributed by atoms with van der Waals surface area (Å²) in [5.74, 6) is -0.260. The Labute approximate surface area is 106 Å². The molecule has 1 aliphatic rings. The van der Waals surface area contributed by atoms with Crippen LogP contribution in [0.4, 0.5) is 5.82 Å². The number of morpholine rings is 1. The number of aromatic nitrogens is 2. The van der Waals surface area contributed by atoms with Gasteiger partial charge in [-0.25, -0.2) is 4.79 Å². The molecule has 1 aromatic heterocycles. The topological polar surface area (TPSA) is 67.6 Å². The van der Waals surface area contributed by atoms with Gasteiger partial charge < -0.3 is 14.7 Å². The van der Waals surface area contributed by atoms with Crippen molar-refractivity contribution in [3.8, 4) is 0 Å². The van der Waals surface area contributed by atoms with Gasteiger partial charge in [-0.1, -0.05) is 0 Å². The minimum absolute atomic E-state index is 0.0885. The molecule has 0 bridgehead atoms. The number of aryl methyl sites for hydroxylation is 2. The second-order valence-corrected chi connectivity index (χ2v) is 4.88. The third-order valence-corrected chi connectivity index (χ3v) is 3.12. The summed E-state index contributed by atoms with van der Waals surface area (Å²) in [5, 5.41) is 13.5. The monoisotopic (exact) mass is 253 g/mol. The molecular formula is C12H19N3O3. The number of ether oxygens (including phenoxy) is 1. The van der Waals surface area contributed by atoms with E-state index < -0.39 is 5.97 Å². The van der Waals surface area contributed by atoms with Crippen LogP contribution >= 0.6 is 0 Å². The SMILES string of the molecule is Cc1nn(C)c(N2C[C@@H](C)O[C@@H](C)C2)c1C(=O)O. The van der Waals surface area contributed by atoms with E-state index in [1.54, 1.807) is 18.7 Å². The third kappa shape index (κ3) is 2.20. The minimum atomic E-state index is -0.928. The molecule has 0 spiro atoms. The van der Waals surface area contributed by atoms with Crippen molar-refractivity contribution in [2.45, 2.75) is 33.0 Å². The van der Waals surface area contributed by atoms with E-state index in [-0.39, 0.29) is 12.2 Å². The highest BCUT2D eigenvalue weighted by Crippen LogP contribution is 2.26. The van der Waals surface area contributed by atoms with Gasteiger partial charge in [0.25, 0.3) is 0 Å². The maximum absolute atomic E-state index is 11.4. The lowest BCUT2D eigenvalue weighted by Gasteiger charge is -2.36. The Kier molecular flexibility index (Phi) is 3.30. The molecule has 2 rings (SSSR count). The summed E-state index contributed by atoms with van der Waals surface area (Å²) in [6.07, 6.45) is 0.177. The van der Waals surface area contributed by atoms with Gasteiger partial charge in [0, 0.05) is 20.1 Å². The summed E-state index contributed by atoms with van der Waals surface area (Å²) in [4.78, 5) is 13.4. The average molecular weight is 253 g/mol. The van der Waals surface area contributed by atoms with Crippen molar-refractivity contribution in [2.24, 2.45) is 7.05 Å². The maximum Gasteiger partial charge on any atom is 0.341 e. The van der Waals surface area contributed by atoms with Gasteiger partial charge in [-0.05, 0) is 20.8 Å². The van der Waals surface area contributed by atoms with Crippen molar-refractivity contribution in [1.82, 2.24) is 9.78 Å². The molecule has 2 heterocycles. The molecule has 100 valence electrons. The molecule has 6 nitrogen and oxygen atoms in total. The number of carbonyl (C=O) groups is 1. The molecule has 0 aliphatic carbocycles. The first-order valence-electron chi connectivity index (χ1n) is 6.07. The Balaban J connectivity index is 2.41. The number of nitrogens with zero attached hydrogens (tertiary/aromatic N) is 3. The normalized spacial score (nSPS) is 24.3. The van der Waals surface area contributed by atoms with Crippen LogP contribution in [0.1, 0.15) is 29.9 Å². The lowest BCUT2D eigenvalue weighted by molar-refractivity contribution is -0.00575. The van der Waals surface area contributed by atoms with Gasteiger partial charge in [-0.15, -0.1) is 0 Å². The standard InChI is InChI=1S/C12H19N3O3/c1-7-5-15(6-8(2)18-7)11-10(12(16)17)9(3)13-14(11)4/h7-8H,5-6H2,1-4H3,(H,16,17)/t7-,8+. The zero-order chi connectivity index (χ0) is 13.4. The van der Waals surface area contributed by atoms with Crippen LogP contribution in [0.2, 0.25) is 0 Å². The summed E-state index contributed by atoms with van der Waals surface area (Å²) in [6, 6.07) is 0. The van der Waals surface area contributed by atoms with Crippen LogP contribution in [0.3, 0.4) is 0 Å². The molecule has 18 heavy (non-hydrogen) atoms. The van der Waals surface area contributed by atoms with Crippen LogP contribution in [0.25, 0.3) is 0 Å². The van der Waals surface area contributed by atoms with E-state index in [1.807, 2.05) is 18.7 Å². The molecule has 0 aromatic carbocycles. The van der Waals surface area contributed by atoms with E-state index in [0.717, 1.165) is 0 Å². The average Bonchev–Trinajstić information content (AvgIpc) is 2.51. The number of rotatable bonds is 2. The zero-order valence-corrected chi connectivity index (χ0v) is 11.2. The molecule has 6 heteroatoms. The Morgan fingerprint density at radius 1 is 1.39 bits per heavy atom. The van der Waals surface area contributed by atoms with Gasteiger partial charge in [0.1, 0.15) is 11.4 Å². The molecular weight excluding hydrogens is 234 g/mol. The number of aromatic carboxylic acids is 1. The maximum atomic E-state index is 11.4. The van der Waals surface area contributed by atoms with E-state index in [2.05, 4.69) is 5.10 Å². The van der Waals surface area contributed by atoms with Gasteiger partial charge in [0.15, 0.2) is 0 Å². The van der Waals surface area contributed by atoms with Gasteiger partial charge >= 0.3 is 5.97 Å². The molecule has 2 atom stereocenters. The van der Waals surface area contributed by atoms with E-state index >= 15 is 0 Å². The zero-order valence-electron chi connectivity index (χ0n) is 11.2. The van der Waals surface area contributed by atoms with Gasteiger partial charge in [-0.2, -0.15) is 5.10 Å². The van der Waals surface area contributed by atoms with Crippen molar-refractivity contribution in [1.29, 1.82) is 0 Å². The predicted octanol–water partition coefficient (Wildman–Crippen LogP) is 1.04. The highest BCUT2D eigenvalue weighted by atomic mass is 16.5. The molecule has 1 aliphatic heterocycles. The van der Waals surface area contributed by atoms with E-state index in [4.69, 9.17) is 4.74 Å². The summed E-state index contributed by atoms with van der Waals surface area (Å²) < 4.78 is 7.31. The molecule has 1 fully saturated rings. The summed E-state index contributed by atoms with van der Waals surface area (Å²) in [5.41, 5.74) is 0.839. The molecule has 0 saturated carbocycles. The number of hydrogen-bond donors (Lipinski definition) is 1. The molecule has 1 N–H and O–H groups in total. The second kappa shape index (κ2) is 4.61.